The van der Waals surface area contributed by atoms with Gasteiger partial charge in [-0.3, -0.25) is 14.5 Å². The lowest BCUT2D eigenvalue weighted by Gasteiger charge is -2.11. The number of amidine groups is 1. The molecular formula is C19H17ClIN3O2S. The van der Waals surface area contributed by atoms with Gasteiger partial charge < -0.3 is 5.32 Å². The van der Waals surface area contributed by atoms with Crippen LogP contribution in [0.4, 0.5) is 11.4 Å². The Morgan fingerprint density at radius 3 is 2.70 bits per heavy atom. The summed E-state index contributed by atoms with van der Waals surface area (Å²) in [6.45, 7) is 1.84. The third-order valence-electron chi connectivity index (χ3n) is 4.10. The smallest absolute Gasteiger partial charge is 0.242 e. The maximum atomic E-state index is 12.5. The summed E-state index contributed by atoms with van der Waals surface area (Å²) >= 11 is 9.62. The van der Waals surface area contributed by atoms with Crippen molar-refractivity contribution in [1.29, 1.82) is 0 Å². The minimum atomic E-state index is -0.489. The first-order valence-electron chi connectivity index (χ1n) is 8.18. The number of thioether (sulfide) groups is 1. The van der Waals surface area contributed by atoms with Crippen molar-refractivity contribution in [3.63, 3.8) is 0 Å². The largest absolute Gasteiger partial charge is 0.326 e. The highest BCUT2D eigenvalue weighted by molar-refractivity contribution is 14.1. The number of carbonyl (C=O) groups is 2. The van der Waals surface area contributed by atoms with Gasteiger partial charge in [-0.1, -0.05) is 29.4 Å². The molecule has 1 aliphatic rings. The van der Waals surface area contributed by atoms with Crippen molar-refractivity contribution in [2.75, 3.05) is 12.4 Å². The monoisotopic (exact) mass is 513 g/mol. The molecule has 0 aliphatic carbocycles. The van der Waals surface area contributed by atoms with Gasteiger partial charge in [-0.05, 0) is 71.5 Å². The van der Waals surface area contributed by atoms with Crippen molar-refractivity contribution in [3.8, 4) is 0 Å². The molecular weight excluding hydrogens is 497 g/mol. The molecule has 1 N–H and O–H groups in total. The molecule has 2 aromatic carbocycles. The van der Waals surface area contributed by atoms with Crippen LogP contribution < -0.4 is 5.32 Å². The highest BCUT2D eigenvalue weighted by atomic mass is 127. The highest BCUT2D eigenvalue weighted by Crippen LogP contribution is 2.31. The fraction of sp³-hybridized carbons (Fsp3) is 0.211. The van der Waals surface area contributed by atoms with E-state index in [2.05, 4.69) is 32.9 Å². The molecule has 2 aromatic rings. The molecule has 1 aliphatic heterocycles. The first-order valence-corrected chi connectivity index (χ1v) is 10.5. The maximum absolute atomic E-state index is 12.5. The molecule has 3 rings (SSSR count). The van der Waals surface area contributed by atoms with E-state index in [9.17, 15) is 9.59 Å². The molecule has 2 amide bonds. The van der Waals surface area contributed by atoms with Gasteiger partial charge in [0.1, 0.15) is 5.25 Å². The van der Waals surface area contributed by atoms with Crippen LogP contribution in [-0.2, 0) is 9.59 Å². The molecule has 0 spiro atoms. The summed E-state index contributed by atoms with van der Waals surface area (Å²) in [5.74, 6) is -0.350. The second kappa shape index (κ2) is 8.62. The SMILES string of the molecule is Cc1c(Cl)cccc1NC(=O)C[C@@H]1SC(=Nc2ccc(I)cc2)N(C)C1=O. The van der Waals surface area contributed by atoms with Gasteiger partial charge in [0.15, 0.2) is 5.17 Å². The zero-order chi connectivity index (χ0) is 19.6. The van der Waals surface area contributed by atoms with Crippen LogP contribution in [0.15, 0.2) is 47.5 Å². The quantitative estimate of drug-likeness (QED) is 0.595. The molecule has 0 saturated carbocycles. The van der Waals surface area contributed by atoms with Gasteiger partial charge >= 0.3 is 0 Å². The molecule has 0 unspecified atom stereocenters. The van der Waals surface area contributed by atoms with E-state index in [1.807, 2.05) is 31.2 Å². The van der Waals surface area contributed by atoms with Crippen LogP contribution in [0, 0.1) is 10.5 Å². The van der Waals surface area contributed by atoms with Crippen LogP contribution in [-0.4, -0.2) is 34.2 Å². The summed E-state index contributed by atoms with van der Waals surface area (Å²) in [5.41, 5.74) is 2.23. The number of halogens is 2. The number of rotatable bonds is 4. The third kappa shape index (κ3) is 4.83. The number of anilines is 1. The average molecular weight is 514 g/mol. The number of amides is 2. The van der Waals surface area contributed by atoms with E-state index in [1.165, 1.54) is 16.7 Å². The van der Waals surface area contributed by atoms with Crippen LogP contribution in [0.3, 0.4) is 0 Å². The number of benzene rings is 2. The second-order valence-electron chi connectivity index (χ2n) is 6.04. The van der Waals surface area contributed by atoms with Crippen LogP contribution in [0.2, 0.25) is 5.02 Å². The predicted octanol–water partition coefficient (Wildman–Crippen LogP) is 4.84. The Balaban J connectivity index is 1.68. The summed E-state index contributed by atoms with van der Waals surface area (Å²) in [6, 6.07) is 13.0. The number of nitrogens with zero attached hydrogens (tertiary/aromatic N) is 2. The molecule has 0 aromatic heterocycles. The Morgan fingerprint density at radius 2 is 2.00 bits per heavy atom. The fourth-order valence-corrected chi connectivity index (χ4v) is 4.22. The van der Waals surface area contributed by atoms with E-state index < -0.39 is 5.25 Å². The lowest BCUT2D eigenvalue weighted by molar-refractivity contribution is -0.127. The number of hydrogen-bond donors (Lipinski definition) is 1. The van der Waals surface area contributed by atoms with Crippen LogP contribution in [0.25, 0.3) is 0 Å². The van der Waals surface area contributed by atoms with Crippen molar-refractivity contribution in [2.45, 2.75) is 18.6 Å². The summed E-state index contributed by atoms with van der Waals surface area (Å²) < 4.78 is 1.12. The molecule has 5 nitrogen and oxygen atoms in total. The van der Waals surface area contributed by atoms with Crippen molar-refractivity contribution in [2.24, 2.45) is 4.99 Å². The maximum Gasteiger partial charge on any atom is 0.242 e. The topological polar surface area (TPSA) is 61.8 Å². The average Bonchev–Trinajstić information content (AvgIpc) is 2.89. The summed E-state index contributed by atoms with van der Waals surface area (Å²) in [4.78, 5) is 30.9. The Hall–Kier alpha value is -1.58. The van der Waals surface area contributed by atoms with Gasteiger partial charge in [0.05, 0.1) is 5.69 Å². The van der Waals surface area contributed by atoms with Gasteiger partial charge in [-0.2, -0.15) is 0 Å². The molecule has 1 saturated heterocycles. The lowest BCUT2D eigenvalue weighted by atomic mass is 10.2. The molecule has 0 bridgehead atoms. The van der Waals surface area contributed by atoms with Gasteiger partial charge in [-0.15, -0.1) is 0 Å². The van der Waals surface area contributed by atoms with Crippen molar-refractivity contribution in [1.82, 2.24) is 4.90 Å². The Bertz CT molecular complexity index is 918. The molecule has 8 heteroatoms. The van der Waals surface area contributed by atoms with E-state index in [-0.39, 0.29) is 18.2 Å². The van der Waals surface area contributed by atoms with E-state index in [4.69, 9.17) is 11.6 Å². The predicted molar refractivity (Wildman–Crippen MR) is 120 cm³/mol. The number of carbonyl (C=O) groups excluding carboxylic acids is 2. The third-order valence-corrected chi connectivity index (χ3v) is 6.46. The van der Waals surface area contributed by atoms with Gasteiger partial charge in [-0.25, -0.2) is 4.99 Å². The summed E-state index contributed by atoms with van der Waals surface area (Å²) in [7, 11) is 1.68. The zero-order valence-electron chi connectivity index (χ0n) is 14.7. The van der Waals surface area contributed by atoms with E-state index in [1.54, 1.807) is 25.2 Å². The molecule has 0 radical (unpaired) electrons. The Morgan fingerprint density at radius 1 is 1.30 bits per heavy atom. The number of nitrogens with one attached hydrogen (secondary N) is 1. The molecule has 27 heavy (non-hydrogen) atoms. The van der Waals surface area contributed by atoms with E-state index >= 15 is 0 Å². The van der Waals surface area contributed by atoms with Crippen LogP contribution in [0.1, 0.15) is 12.0 Å². The zero-order valence-corrected chi connectivity index (χ0v) is 18.4. The molecule has 1 atom stereocenters. The number of aliphatic imine (C=N–C) groups is 1. The minimum absolute atomic E-state index is 0.0749. The number of hydrogen-bond acceptors (Lipinski definition) is 4. The molecule has 1 fully saturated rings. The fourth-order valence-electron chi connectivity index (χ4n) is 2.54. The standard InChI is InChI=1S/C19H17ClIN3O2S/c1-11-14(20)4-3-5-15(11)23-17(25)10-16-18(26)24(2)19(27-16)22-13-8-6-12(21)7-9-13/h3-9,16H,10H2,1-2H3,(H,23,25)/t16-/m0/s1. The minimum Gasteiger partial charge on any atom is -0.326 e. The van der Waals surface area contributed by atoms with Gasteiger partial charge in [0, 0.05) is 27.7 Å². The van der Waals surface area contributed by atoms with Crippen molar-refractivity contribution in [3.05, 3.63) is 56.6 Å². The highest BCUT2D eigenvalue weighted by Gasteiger charge is 2.37. The van der Waals surface area contributed by atoms with Crippen LogP contribution >= 0.6 is 46.0 Å². The van der Waals surface area contributed by atoms with E-state index in [0.29, 0.717) is 15.9 Å². The van der Waals surface area contributed by atoms with Gasteiger partial charge in [0.25, 0.3) is 0 Å². The molecule has 140 valence electrons. The molecule has 1 heterocycles. The lowest BCUT2D eigenvalue weighted by Crippen LogP contribution is -2.30. The van der Waals surface area contributed by atoms with E-state index in [0.717, 1.165) is 14.8 Å². The summed E-state index contributed by atoms with van der Waals surface area (Å²) in [6.07, 6.45) is 0.0749. The van der Waals surface area contributed by atoms with Crippen molar-refractivity contribution < 1.29 is 9.59 Å². The summed E-state index contributed by atoms with van der Waals surface area (Å²) in [5, 5.41) is 3.53. The first kappa shape index (κ1) is 20.2. The van der Waals surface area contributed by atoms with Crippen molar-refractivity contribution >= 4 is 74.3 Å². The Labute approximate surface area is 180 Å². The van der Waals surface area contributed by atoms with Gasteiger partial charge in [0.2, 0.25) is 11.8 Å². The van der Waals surface area contributed by atoms with Crippen LogP contribution in [0.5, 0.6) is 0 Å². The second-order valence-corrected chi connectivity index (χ2v) is 8.86. The Kier molecular flexibility index (Phi) is 6.44. The normalized spacial score (nSPS) is 18.2. The first-order chi connectivity index (χ1) is 12.8.